The highest BCUT2D eigenvalue weighted by atomic mass is 16.5. The Morgan fingerprint density at radius 2 is 1.76 bits per heavy atom. The van der Waals surface area contributed by atoms with Crippen molar-refractivity contribution in [3.05, 3.63) is 89.9 Å². The molecule has 1 fully saturated rings. The van der Waals surface area contributed by atoms with Crippen LogP contribution >= 0.6 is 0 Å². The number of furan rings is 1. The summed E-state index contributed by atoms with van der Waals surface area (Å²) in [7, 11) is 1.58. The molecule has 7 heteroatoms. The number of benzene rings is 2. The second kappa shape index (κ2) is 11.5. The van der Waals surface area contributed by atoms with E-state index in [1.807, 2.05) is 36.4 Å². The number of methoxy groups -OCH3 is 1. The molecule has 1 aliphatic rings. The van der Waals surface area contributed by atoms with E-state index in [1.54, 1.807) is 53.5 Å². The Morgan fingerprint density at radius 1 is 0.971 bits per heavy atom. The molecule has 4 rings (SSSR count). The quantitative estimate of drug-likeness (QED) is 0.453. The highest BCUT2D eigenvalue weighted by Gasteiger charge is 2.27. The van der Waals surface area contributed by atoms with E-state index in [0.717, 1.165) is 18.4 Å². The third-order valence-corrected chi connectivity index (χ3v) is 5.89. The van der Waals surface area contributed by atoms with Crippen LogP contribution in [0.2, 0.25) is 0 Å². The molecule has 0 aliphatic carbocycles. The van der Waals surface area contributed by atoms with Crippen LogP contribution in [0.4, 0.5) is 0 Å². The molecule has 0 spiro atoms. The van der Waals surface area contributed by atoms with Gasteiger partial charge in [-0.2, -0.15) is 0 Å². The van der Waals surface area contributed by atoms with Crippen LogP contribution in [0, 0.1) is 0 Å². The first-order valence-electron chi connectivity index (χ1n) is 11.5. The van der Waals surface area contributed by atoms with E-state index in [-0.39, 0.29) is 24.5 Å². The molecule has 0 saturated carbocycles. The SMILES string of the molecule is COc1ccc(C(=O)N(CC(=O)N(Cc2ccccc2)Cc2ccco2)C[C@@H]2CCCO2)cc1. The fourth-order valence-corrected chi connectivity index (χ4v) is 4.06. The van der Waals surface area contributed by atoms with Gasteiger partial charge in [0.25, 0.3) is 5.91 Å². The van der Waals surface area contributed by atoms with Crippen LogP contribution in [0.1, 0.15) is 34.5 Å². The Bertz CT molecular complexity index is 1040. The van der Waals surface area contributed by atoms with Crippen molar-refractivity contribution in [2.24, 2.45) is 0 Å². The standard InChI is InChI=1S/C27H30N2O5/c1-32-23-13-11-22(12-14-23)27(31)29(19-25-10-6-16-34-25)20-26(30)28(18-24-9-5-15-33-24)17-21-7-3-2-4-8-21/h2-5,7-9,11-15,25H,6,10,16-20H2,1H3/t25-/m0/s1. The molecule has 1 aromatic heterocycles. The lowest BCUT2D eigenvalue weighted by Gasteiger charge is -2.29. The third kappa shape index (κ3) is 6.26. The van der Waals surface area contributed by atoms with Crippen LogP contribution in [0.15, 0.2) is 77.4 Å². The van der Waals surface area contributed by atoms with E-state index < -0.39 is 0 Å². The van der Waals surface area contributed by atoms with Gasteiger partial charge in [-0.1, -0.05) is 30.3 Å². The summed E-state index contributed by atoms with van der Waals surface area (Å²) >= 11 is 0. The van der Waals surface area contributed by atoms with Crippen molar-refractivity contribution in [1.29, 1.82) is 0 Å². The number of amides is 2. The van der Waals surface area contributed by atoms with Gasteiger partial charge in [0.2, 0.25) is 5.91 Å². The molecule has 3 aromatic rings. The summed E-state index contributed by atoms with van der Waals surface area (Å²) < 4.78 is 16.5. The van der Waals surface area contributed by atoms with Gasteiger partial charge in [-0.25, -0.2) is 0 Å². The van der Waals surface area contributed by atoms with Crippen molar-refractivity contribution in [2.45, 2.75) is 32.0 Å². The zero-order valence-corrected chi connectivity index (χ0v) is 19.4. The number of carbonyl (C=O) groups excluding carboxylic acids is 2. The Balaban J connectivity index is 1.53. The minimum absolute atomic E-state index is 0.0434. The Hall–Kier alpha value is -3.58. The number of hydrogen-bond donors (Lipinski definition) is 0. The molecule has 0 radical (unpaired) electrons. The lowest BCUT2D eigenvalue weighted by molar-refractivity contribution is -0.133. The molecule has 0 N–H and O–H groups in total. The Kier molecular flexibility index (Phi) is 7.99. The summed E-state index contributed by atoms with van der Waals surface area (Å²) in [4.78, 5) is 30.2. The van der Waals surface area contributed by atoms with Crippen LogP contribution in [0.3, 0.4) is 0 Å². The molecule has 178 valence electrons. The first kappa shape index (κ1) is 23.6. The molecule has 34 heavy (non-hydrogen) atoms. The maximum absolute atomic E-state index is 13.5. The third-order valence-electron chi connectivity index (χ3n) is 5.89. The van der Waals surface area contributed by atoms with Gasteiger partial charge in [-0.3, -0.25) is 9.59 Å². The number of nitrogens with zero attached hydrogens (tertiary/aromatic N) is 2. The van der Waals surface area contributed by atoms with Crippen molar-refractivity contribution in [2.75, 3.05) is 26.8 Å². The second-order valence-corrected chi connectivity index (χ2v) is 8.36. The minimum Gasteiger partial charge on any atom is -0.497 e. The maximum atomic E-state index is 13.5. The summed E-state index contributed by atoms with van der Waals surface area (Å²) in [6.45, 7) is 1.76. The molecule has 1 atom stereocenters. The number of carbonyl (C=O) groups is 2. The number of rotatable bonds is 10. The Labute approximate surface area is 199 Å². The Morgan fingerprint density at radius 3 is 2.41 bits per heavy atom. The molecule has 2 amide bonds. The normalized spacial score (nSPS) is 15.1. The summed E-state index contributed by atoms with van der Waals surface area (Å²) in [6, 6.07) is 20.4. The van der Waals surface area contributed by atoms with Crippen molar-refractivity contribution in [3.8, 4) is 5.75 Å². The van der Waals surface area contributed by atoms with Gasteiger partial charge >= 0.3 is 0 Å². The van der Waals surface area contributed by atoms with Gasteiger partial charge in [0, 0.05) is 25.3 Å². The molecular weight excluding hydrogens is 432 g/mol. The zero-order chi connectivity index (χ0) is 23.8. The minimum atomic E-state index is -0.204. The van der Waals surface area contributed by atoms with Crippen LogP contribution in [0.25, 0.3) is 0 Å². The summed E-state index contributed by atoms with van der Waals surface area (Å²) in [6.07, 6.45) is 3.36. The van der Waals surface area contributed by atoms with Crippen molar-refractivity contribution >= 4 is 11.8 Å². The topological polar surface area (TPSA) is 72.2 Å². The van der Waals surface area contributed by atoms with Crippen molar-refractivity contribution < 1.29 is 23.5 Å². The molecule has 0 bridgehead atoms. The van der Waals surface area contributed by atoms with E-state index >= 15 is 0 Å². The van der Waals surface area contributed by atoms with E-state index in [0.29, 0.717) is 43.3 Å². The van der Waals surface area contributed by atoms with Gasteiger partial charge in [0.05, 0.1) is 26.0 Å². The van der Waals surface area contributed by atoms with Gasteiger partial charge in [-0.05, 0) is 54.8 Å². The molecule has 2 aromatic carbocycles. The molecule has 0 unspecified atom stereocenters. The first-order valence-corrected chi connectivity index (χ1v) is 11.5. The number of hydrogen-bond acceptors (Lipinski definition) is 5. The van der Waals surface area contributed by atoms with Crippen molar-refractivity contribution in [3.63, 3.8) is 0 Å². The fraction of sp³-hybridized carbons (Fsp3) is 0.333. The van der Waals surface area contributed by atoms with Crippen LogP contribution in [-0.4, -0.2) is 54.5 Å². The van der Waals surface area contributed by atoms with Crippen LogP contribution < -0.4 is 4.74 Å². The lowest BCUT2D eigenvalue weighted by atomic mass is 10.1. The highest BCUT2D eigenvalue weighted by Crippen LogP contribution is 2.18. The van der Waals surface area contributed by atoms with E-state index in [1.165, 1.54) is 0 Å². The average molecular weight is 463 g/mol. The largest absolute Gasteiger partial charge is 0.497 e. The smallest absolute Gasteiger partial charge is 0.254 e. The predicted molar refractivity (Wildman–Crippen MR) is 127 cm³/mol. The van der Waals surface area contributed by atoms with E-state index in [4.69, 9.17) is 13.9 Å². The van der Waals surface area contributed by atoms with Crippen molar-refractivity contribution in [1.82, 2.24) is 9.80 Å². The molecule has 7 nitrogen and oxygen atoms in total. The summed E-state index contributed by atoms with van der Waals surface area (Å²) in [5, 5.41) is 0. The van der Waals surface area contributed by atoms with Gasteiger partial charge < -0.3 is 23.7 Å². The molecular formula is C27H30N2O5. The second-order valence-electron chi connectivity index (χ2n) is 8.36. The van der Waals surface area contributed by atoms with E-state index in [9.17, 15) is 9.59 Å². The summed E-state index contributed by atoms with van der Waals surface area (Å²) in [5.41, 5.74) is 1.52. The lowest BCUT2D eigenvalue weighted by Crippen LogP contribution is -2.45. The monoisotopic (exact) mass is 462 g/mol. The van der Waals surface area contributed by atoms with Gasteiger partial charge in [0.15, 0.2) is 0 Å². The maximum Gasteiger partial charge on any atom is 0.254 e. The number of ether oxygens (including phenoxy) is 2. The molecule has 1 saturated heterocycles. The zero-order valence-electron chi connectivity index (χ0n) is 19.4. The highest BCUT2D eigenvalue weighted by molar-refractivity contribution is 5.96. The fourth-order valence-electron chi connectivity index (χ4n) is 4.06. The average Bonchev–Trinajstić information content (AvgIpc) is 3.58. The summed E-state index contributed by atoms with van der Waals surface area (Å²) in [5.74, 6) is 1.01. The van der Waals surface area contributed by atoms with E-state index in [2.05, 4.69) is 0 Å². The van der Waals surface area contributed by atoms with Crippen LogP contribution in [0.5, 0.6) is 5.75 Å². The van der Waals surface area contributed by atoms with Gasteiger partial charge in [-0.15, -0.1) is 0 Å². The van der Waals surface area contributed by atoms with Gasteiger partial charge in [0.1, 0.15) is 18.1 Å². The molecule has 1 aliphatic heterocycles. The predicted octanol–water partition coefficient (Wildman–Crippen LogP) is 4.14. The van der Waals surface area contributed by atoms with Crippen LogP contribution in [-0.2, 0) is 22.6 Å². The first-order chi connectivity index (χ1) is 16.6. The molecule has 2 heterocycles.